The van der Waals surface area contributed by atoms with Crippen LogP contribution >= 0.6 is 23.2 Å². The van der Waals surface area contributed by atoms with Gasteiger partial charge >= 0.3 is 0 Å². The summed E-state index contributed by atoms with van der Waals surface area (Å²) in [5.74, 6) is -0.437. The van der Waals surface area contributed by atoms with E-state index in [-0.39, 0.29) is 0 Å². The van der Waals surface area contributed by atoms with Crippen molar-refractivity contribution in [2.45, 2.75) is 6.54 Å². The van der Waals surface area contributed by atoms with Crippen molar-refractivity contribution in [2.24, 2.45) is 15.9 Å². The van der Waals surface area contributed by atoms with Crippen LogP contribution in [0.15, 0.2) is 64.9 Å². The summed E-state index contributed by atoms with van der Waals surface area (Å²) in [5, 5.41) is 21.9. The molecule has 0 saturated heterocycles. The van der Waals surface area contributed by atoms with Crippen LogP contribution in [0.2, 0.25) is 10.0 Å². The molecular weight excluding hydrogens is 417 g/mol. The summed E-state index contributed by atoms with van der Waals surface area (Å²) in [6.45, 7) is 0.419. The fourth-order valence-corrected chi connectivity index (χ4v) is 3.00. The van der Waals surface area contributed by atoms with Crippen molar-refractivity contribution >= 4 is 35.4 Å². The van der Waals surface area contributed by atoms with Gasteiger partial charge in [-0.15, -0.1) is 0 Å². The van der Waals surface area contributed by atoms with Crippen LogP contribution in [0.1, 0.15) is 11.1 Å². The van der Waals surface area contributed by atoms with Crippen molar-refractivity contribution in [2.75, 3.05) is 0 Å². The average Bonchev–Trinajstić information content (AvgIpc) is 3.07. The number of guanidine groups is 1. The Bertz CT molecular complexity index is 1080. The Morgan fingerprint density at radius 2 is 2.03 bits per heavy atom. The van der Waals surface area contributed by atoms with Crippen LogP contribution in [0, 0.1) is 10.1 Å². The predicted octanol–water partition coefficient (Wildman–Crippen LogP) is 3.34. The van der Waals surface area contributed by atoms with Crippen molar-refractivity contribution in [3.05, 3.63) is 86.0 Å². The van der Waals surface area contributed by atoms with Gasteiger partial charge in [0.1, 0.15) is 10.8 Å². The van der Waals surface area contributed by atoms with Crippen LogP contribution in [0.25, 0.3) is 11.3 Å². The Morgan fingerprint density at radius 3 is 2.72 bits per heavy atom. The molecule has 3 N–H and O–H groups in total. The number of halogens is 2. The van der Waals surface area contributed by atoms with Gasteiger partial charge in [0, 0.05) is 27.4 Å². The second-order valence-electron chi connectivity index (χ2n) is 5.83. The number of hydrogen-bond donors (Lipinski definition) is 2. The van der Waals surface area contributed by atoms with Crippen molar-refractivity contribution in [3.63, 3.8) is 0 Å². The molecule has 0 atom stereocenters. The zero-order valence-corrected chi connectivity index (χ0v) is 16.4. The third-order valence-corrected chi connectivity index (χ3v) is 4.34. The molecule has 0 spiro atoms. The van der Waals surface area contributed by atoms with Crippen LogP contribution in [-0.4, -0.2) is 27.0 Å². The lowest BCUT2D eigenvalue weighted by Gasteiger charge is -2.05. The van der Waals surface area contributed by atoms with E-state index in [1.807, 2.05) is 36.4 Å². The molecular formula is C18H15Cl2N7O2. The SMILES string of the molecule is N/C(=N\[N+](=O)[O-])N/N=C/c1cn(Cc2ccc(Cl)cc2Cl)nc1-c1ccccc1. The molecule has 0 amide bonds. The Hall–Kier alpha value is -3.43. The minimum absolute atomic E-state index is 0.419. The average molecular weight is 432 g/mol. The number of rotatable bonds is 6. The first kappa shape index (κ1) is 20.3. The van der Waals surface area contributed by atoms with E-state index in [1.165, 1.54) is 6.21 Å². The number of nitro groups is 1. The highest BCUT2D eigenvalue weighted by molar-refractivity contribution is 6.35. The summed E-state index contributed by atoms with van der Waals surface area (Å²) in [7, 11) is 0. The number of nitrogens with zero attached hydrogens (tertiary/aromatic N) is 5. The first-order valence-electron chi connectivity index (χ1n) is 8.26. The first-order valence-corrected chi connectivity index (χ1v) is 9.02. The van der Waals surface area contributed by atoms with Gasteiger partial charge in [-0.2, -0.15) is 10.2 Å². The minimum Gasteiger partial charge on any atom is -0.363 e. The van der Waals surface area contributed by atoms with Gasteiger partial charge in [0.25, 0.3) is 5.96 Å². The summed E-state index contributed by atoms with van der Waals surface area (Å²) in [6, 6.07) is 14.8. The Labute approximate surface area is 175 Å². The standard InChI is InChI=1S/C18H15Cl2N7O2/c19-15-7-6-13(16(20)8-15)10-26-11-14(9-22-23-18(21)25-27(28)29)17(24-26)12-4-2-1-3-5-12/h1-9,11H,10H2,(H3,21,23,25)/b22-9+. The second-order valence-corrected chi connectivity index (χ2v) is 6.67. The third kappa shape index (κ3) is 5.53. The van der Waals surface area contributed by atoms with Crippen LogP contribution in [0.3, 0.4) is 0 Å². The van der Waals surface area contributed by atoms with Gasteiger partial charge in [0.05, 0.1) is 12.8 Å². The summed E-state index contributed by atoms with van der Waals surface area (Å²) < 4.78 is 1.72. The molecule has 3 aromatic rings. The van der Waals surface area contributed by atoms with Gasteiger partial charge < -0.3 is 5.73 Å². The molecule has 1 aromatic heterocycles. The van der Waals surface area contributed by atoms with Crippen LogP contribution in [0.5, 0.6) is 0 Å². The van der Waals surface area contributed by atoms with Crippen LogP contribution in [-0.2, 0) is 6.54 Å². The molecule has 0 aliphatic rings. The second kappa shape index (κ2) is 9.18. The van der Waals surface area contributed by atoms with Gasteiger partial charge in [-0.3, -0.25) is 4.68 Å². The fourth-order valence-electron chi connectivity index (χ4n) is 2.54. The minimum atomic E-state index is -0.916. The third-order valence-electron chi connectivity index (χ3n) is 3.76. The molecule has 3 rings (SSSR count). The zero-order chi connectivity index (χ0) is 20.8. The monoisotopic (exact) mass is 431 g/mol. The Balaban J connectivity index is 1.90. The summed E-state index contributed by atoms with van der Waals surface area (Å²) in [4.78, 5) is 10.3. The van der Waals surface area contributed by atoms with E-state index in [2.05, 4.69) is 20.7 Å². The highest BCUT2D eigenvalue weighted by atomic mass is 35.5. The molecule has 29 heavy (non-hydrogen) atoms. The normalized spacial score (nSPS) is 11.7. The van der Waals surface area contributed by atoms with Gasteiger partial charge in [-0.25, -0.2) is 15.5 Å². The molecule has 0 saturated carbocycles. The number of nitrogens with two attached hydrogens (primary N) is 1. The van der Waals surface area contributed by atoms with Gasteiger partial charge in [0.15, 0.2) is 5.03 Å². The van der Waals surface area contributed by atoms with E-state index >= 15 is 0 Å². The van der Waals surface area contributed by atoms with E-state index in [4.69, 9.17) is 28.9 Å². The molecule has 0 radical (unpaired) electrons. The molecule has 11 heteroatoms. The molecule has 0 bridgehead atoms. The topological polar surface area (TPSA) is 124 Å². The number of benzene rings is 2. The maximum absolute atomic E-state index is 10.3. The van der Waals surface area contributed by atoms with E-state index in [0.29, 0.717) is 27.8 Å². The highest BCUT2D eigenvalue weighted by Gasteiger charge is 2.11. The molecule has 0 aliphatic carbocycles. The van der Waals surface area contributed by atoms with Gasteiger partial charge in [-0.05, 0) is 17.7 Å². The van der Waals surface area contributed by atoms with E-state index in [1.54, 1.807) is 23.0 Å². The lowest BCUT2D eigenvalue weighted by molar-refractivity contribution is -0.485. The van der Waals surface area contributed by atoms with E-state index in [9.17, 15) is 10.1 Å². The maximum atomic E-state index is 10.3. The van der Waals surface area contributed by atoms with Crippen molar-refractivity contribution in [1.29, 1.82) is 0 Å². The molecule has 2 aromatic carbocycles. The first-order chi connectivity index (χ1) is 13.9. The number of nitrogens with one attached hydrogen (secondary N) is 1. The highest BCUT2D eigenvalue weighted by Crippen LogP contribution is 2.24. The smallest absolute Gasteiger partial charge is 0.286 e. The van der Waals surface area contributed by atoms with E-state index < -0.39 is 11.0 Å². The number of hydrogen-bond acceptors (Lipinski definition) is 4. The fraction of sp³-hybridized carbons (Fsp3) is 0.0556. The lowest BCUT2D eigenvalue weighted by Crippen LogP contribution is -2.28. The summed E-state index contributed by atoms with van der Waals surface area (Å²) in [6.07, 6.45) is 3.23. The molecule has 9 nitrogen and oxygen atoms in total. The zero-order valence-electron chi connectivity index (χ0n) is 14.9. The summed E-state index contributed by atoms with van der Waals surface area (Å²) >= 11 is 12.2. The Kier molecular flexibility index (Phi) is 6.43. The largest absolute Gasteiger partial charge is 0.363 e. The predicted molar refractivity (Wildman–Crippen MR) is 113 cm³/mol. The molecule has 0 aliphatic heterocycles. The maximum Gasteiger partial charge on any atom is 0.286 e. The van der Waals surface area contributed by atoms with Crippen LogP contribution in [0.4, 0.5) is 0 Å². The van der Waals surface area contributed by atoms with Gasteiger partial charge in [-0.1, -0.05) is 59.6 Å². The number of aromatic nitrogens is 2. The Morgan fingerprint density at radius 1 is 1.28 bits per heavy atom. The lowest BCUT2D eigenvalue weighted by atomic mass is 10.1. The summed E-state index contributed by atoms with van der Waals surface area (Å²) in [5.41, 5.74) is 10.7. The number of hydrazone groups is 2. The molecule has 1 heterocycles. The van der Waals surface area contributed by atoms with Crippen molar-refractivity contribution in [3.8, 4) is 11.3 Å². The van der Waals surface area contributed by atoms with Gasteiger partial charge in [0.2, 0.25) is 0 Å². The van der Waals surface area contributed by atoms with Crippen molar-refractivity contribution < 1.29 is 5.03 Å². The molecule has 0 unspecified atom stereocenters. The molecule has 148 valence electrons. The van der Waals surface area contributed by atoms with E-state index in [0.717, 1.165) is 11.1 Å². The van der Waals surface area contributed by atoms with Crippen molar-refractivity contribution in [1.82, 2.24) is 15.2 Å². The quantitative estimate of drug-likeness (QED) is 0.268. The van der Waals surface area contributed by atoms with Crippen LogP contribution < -0.4 is 11.2 Å². The molecule has 0 fully saturated rings.